The second kappa shape index (κ2) is 8.37. The molecule has 1 aromatic carbocycles. The lowest BCUT2D eigenvalue weighted by Crippen LogP contribution is -2.43. The lowest BCUT2D eigenvalue weighted by atomic mass is 10.2. The van der Waals surface area contributed by atoms with E-state index < -0.39 is 5.97 Å². The van der Waals surface area contributed by atoms with Gasteiger partial charge in [0, 0.05) is 19.0 Å². The zero-order valence-electron chi connectivity index (χ0n) is 10.8. The van der Waals surface area contributed by atoms with E-state index in [1.54, 1.807) is 0 Å². The predicted molar refractivity (Wildman–Crippen MR) is 73.0 cm³/mol. The molecule has 2 amide bonds. The van der Waals surface area contributed by atoms with Crippen LogP contribution in [0.4, 0.5) is 4.79 Å². The Morgan fingerprint density at radius 2 is 2.00 bits per heavy atom. The molecule has 0 saturated carbocycles. The van der Waals surface area contributed by atoms with Gasteiger partial charge in [0.05, 0.1) is 7.11 Å². The van der Waals surface area contributed by atoms with Crippen LogP contribution in [0, 0.1) is 0 Å². The average Bonchev–Trinajstić information content (AvgIpc) is 2.44. The van der Waals surface area contributed by atoms with Gasteiger partial charge in [0.25, 0.3) is 0 Å². The van der Waals surface area contributed by atoms with E-state index in [2.05, 4.69) is 10.1 Å². The Morgan fingerprint density at radius 3 is 2.58 bits per heavy atom. The molecule has 0 unspecified atom stereocenters. The summed E-state index contributed by atoms with van der Waals surface area (Å²) in [5.74, 6) is -0.139. The van der Waals surface area contributed by atoms with Crippen molar-refractivity contribution >= 4 is 23.6 Å². The highest BCUT2D eigenvalue weighted by Crippen LogP contribution is 2.05. The number of amides is 2. The zero-order valence-corrected chi connectivity index (χ0v) is 11.5. The van der Waals surface area contributed by atoms with Crippen molar-refractivity contribution in [3.05, 3.63) is 35.9 Å². The van der Waals surface area contributed by atoms with E-state index in [0.29, 0.717) is 19.0 Å². The monoisotopic (exact) mass is 284 g/mol. The number of esters is 1. The van der Waals surface area contributed by atoms with Crippen LogP contribution in [-0.4, -0.2) is 43.0 Å². The lowest BCUT2D eigenvalue weighted by molar-refractivity contribution is -0.141. The number of rotatable bonds is 6. The molecule has 0 heterocycles. The molecular formula is C13H17ClN2O3. The molecule has 0 spiro atoms. The number of urea groups is 1. The minimum absolute atomic E-state index is 0.0977. The first-order chi connectivity index (χ1) is 9.17. The van der Waals surface area contributed by atoms with Gasteiger partial charge in [-0.15, -0.1) is 11.6 Å². The van der Waals surface area contributed by atoms with Crippen molar-refractivity contribution < 1.29 is 14.3 Å². The number of nitrogens with one attached hydrogen (secondary N) is 1. The number of halogens is 1. The van der Waals surface area contributed by atoms with E-state index in [-0.39, 0.29) is 12.6 Å². The fourth-order valence-corrected chi connectivity index (χ4v) is 1.58. The third kappa shape index (κ3) is 5.61. The highest BCUT2D eigenvalue weighted by molar-refractivity contribution is 6.18. The van der Waals surface area contributed by atoms with Gasteiger partial charge >= 0.3 is 12.0 Å². The molecule has 1 rings (SSSR count). The molecule has 104 valence electrons. The quantitative estimate of drug-likeness (QED) is 0.638. The van der Waals surface area contributed by atoms with Gasteiger partial charge in [0.15, 0.2) is 0 Å². The maximum atomic E-state index is 11.9. The van der Waals surface area contributed by atoms with E-state index in [9.17, 15) is 9.59 Å². The molecule has 0 saturated heterocycles. The largest absolute Gasteiger partial charge is 0.468 e. The van der Waals surface area contributed by atoms with Crippen molar-refractivity contribution in [2.45, 2.75) is 6.54 Å². The van der Waals surface area contributed by atoms with E-state index in [4.69, 9.17) is 11.6 Å². The summed E-state index contributed by atoms with van der Waals surface area (Å²) in [7, 11) is 1.29. The normalized spacial score (nSPS) is 9.79. The Kier molecular flexibility index (Phi) is 6.74. The summed E-state index contributed by atoms with van der Waals surface area (Å²) in [6.07, 6.45) is 0. The molecule has 0 radical (unpaired) electrons. The van der Waals surface area contributed by atoms with Crippen LogP contribution < -0.4 is 5.32 Å². The molecule has 0 atom stereocenters. The minimum Gasteiger partial charge on any atom is -0.468 e. The van der Waals surface area contributed by atoms with E-state index in [1.807, 2.05) is 30.3 Å². The number of alkyl halides is 1. The number of carbonyl (C=O) groups excluding carboxylic acids is 2. The molecule has 19 heavy (non-hydrogen) atoms. The minimum atomic E-state index is -0.461. The summed E-state index contributed by atoms with van der Waals surface area (Å²) in [6, 6.07) is 9.08. The maximum Gasteiger partial charge on any atom is 0.325 e. The van der Waals surface area contributed by atoms with Crippen molar-refractivity contribution in [3.8, 4) is 0 Å². The van der Waals surface area contributed by atoms with Gasteiger partial charge in [-0.2, -0.15) is 0 Å². The van der Waals surface area contributed by atoms with Crippen molar-refractivity contribution in [2.75, 3.05) is 26.1 Å². The molecule has 0 bridgehead atoms. The molecule has 1 N–H and O–H groups in total. The fourth-order valence-electron chi connectivity index (χ4n) is 1.49. The zero-order chi connectivity index (χ0) is 14.1. The number of ether oxygens (including phenoxy) is 1. The summed E-state index contributed by atoms with van der Waals surface area (Å²) >= 11 is 5.52. The van der Waals surface area contributed by atoms with Crippen LogP contribution in [0.1, 0.15) is 5.56 Å². The lowest BCUT2D eigenvalue weighted by Gasteiger charge is -2.21. The SMILES string of the molecule is COC(=O)CN(Cc1ccccc1)C(=O)NCCCl. The smallest absolute Gasteiger partial charge is 0.325 e. The Morgan fingerprint density at radius 1 is 1.32 bits per heavy atom. The van der Waals surface area contributed by atoms with Crippen LogP contribution in [0.5, 0.6) is 0 Å². The number of hydrogen-bond donors (Lipinski definition) is 1. The molecule has 0 aromatic heterocycles. The van der Waals surface area contributed by atoms with Crippen LogP contribution in [0.15, 0.2) is 30.3 Å². The number of methoxy groups -OCH3 is 1. The summed E-state index contributed by atoms with van der Waals surface area (Å²) in [5.41, 5.74) is 0.937. The van der Waals surface area contributed by atoms with Crippen LogP contribution in [0.3, 0.4) is 0 Å². The Balaban J connectivity index is 2.68. The third-order valence-corrected chi connectivity index (χ3v) is 2.61. The molecule has 0 fully saturated rings. The van der Waals surface area contributed by atoms with Crippen molar-refractivity contribution in [1.82, 2.24) is 10.2 Å². The average molecular weight is 285 g/mol. The van der Waals surface area contributed by atoms with Crippen molar-refractivity contribution in [3.63, 3.8) is 0 Å². The van der Waals surface area contributed by atoms with Gasteiger partial charge in [0.2, 0.25) is 0 Å². The molecule has 1 aromatic rings. The number of carbonyl (C=O) groups is 2. The van der Waals surface area contributed by atoms with Gasteiger partial charge in [-0.05, 0) is 5.56 Å². The highest BCUT2D eigenvalue weighted by Gasteiger charge is 2.17. The number of hydrogen-bond acceptors (Lipinski definition) is 3. The van der Waals surface area contributed by atoms with Crippen LogP contribution in [-0.2, 0) is 16.1 Å². The Hall–Kier alpha value is -1.75. The first-order valence-corrected chi connectivity index (χ1v) is 6.40. The van der Waals surface area contributed by atoms with Gasteiger partial charge < -0.3 is 15.0 Å². The topological polar surface area (TPSA) is 58.6 Å². The van der Waals surface area contributed by atoms with Crippen LogP contribution in [0.25, 0.3) is 0 Å². The number of nitrogens with zero attached hydrogens (tertiary/aromatic N) is 1. The van der Waals surface area contributed by atoms with Crippen molar-refractivity contribution in [1.29, 1.82) is 0 Å². The van der Waals surface area contributed by atoms with Crippen LogP contribution in [0.2, 0.25) is 0 Å². The summed E-state index contributed by atoms with van der Waals surface area (Å²) in [5, 5.41) is 2.63. The second-order valence-corrected chi connectivity index (χ2v) is 4.22. The van der Waals surface area contributed by atoms with E-state index in [1.165, 1.54) is 12.0 Å². The Labute approximate surface area is 117 Å². The molecule has 0 aliphatic heterocycles. The molecule has 5 nitrogen and oxygen atoms in total. The summed E-state index contributed by atoms with van der Waals surface area (Å²) < 4.78 is 4.59. The van der Waals surface area contributed by atoms with Gasteiger partial charge in [-0.1, -0.05) is 30.3 Å². The summed E-state index contributed by atoms with van der Waals surface area (Å²) in [4.78, 5) is 24.6. The number of benzene rings is 1. The van der Waals surface area contributed by atoms with Gasteiger partial charge in [-0.3, -0.25) is 4.79 Å². The molecule has 0 aliphatic rings. The van der Waals surface area contributed by atoms with Gasteiger partial charge in [-0.25, -0.2) is 4.79 Å². The standard InChI is InChI=1S/C13H17ClN2O3/c1-19-12(17)10-16(13(18)15-8-7-14)9-11-5-3-2-4-6-11/h2-6H,7-10H2,1H3,(H,15,18). The Bertz CT molecular complexity index is 412. The molecular weight excluding hydrogens is 268 g/mol. The van der Waals surface area contributed by atoms with Crippen molar-refractivity contribution in [2.24, 2.45) is 0 Å². The van der Waals surface area contributed by atoms with E-state index in [0.717, 1.165) is 5.56 Å². The maximum absolute atomic E-state index is 11.9. The fraction of sp³-hybridized carbons (Fsp3) is 0.385. The van der Waals surface area contributed by atoms with E-state index >= 15 is 0 Å². The van der Waals surface area contributed by atoms with Crippen LogP contribution >= 0.6 is 11.6 Å². The summed E-state index contributed by atoms with van der Waals surface area (Å²) in [6.45, 7) is 0.594. The second-order valence-electron chi connectivity index (χ2n) is 3.84. The molecule has 6 heteroatoms. The predicted octanol–water partition coefficient (Wildman–Crippen LogP) is 1.61. The van der Waals surface area contributed by atoms with Gasteiger partial charge in [0.1, 0.15) is 6.54 Å². The third-order valence-electron chi connectivity index (χ3n) is 2.42. The first kappa shape index (κ1) is 15.3. The molecule has 0 aliphatic carbocycles. The highest BCUT2D eigenvalue weighted by atomic mass is 35.5. The first-order valence-electron chi connectivity index (χ1n) is 5.87.